The Morgan fingerprint density at radius 1 is 1.09 bits per heavy atom. The molecule has 8 heteroatoms. The SMILES string of the molecule is O=C(Nc1ccc(F)cc1F)[C@H]1CCCN(Cc2nc3ccccc3n2-c2cccc(Br)c2)C1. The first-order valence-corrected chi connectivity index (χ1v) is 12.0. The van der Waals surface area contributed by atoms with Gasteiger partial charge in [0.25, 0.3) is 0 Å². The smallest absolute Gasteiger partial charge is 0.228 e. The Hall–Kier alpha value is -3.10. The summed E-state index contributed by atoms with van der Waals surface area (Å²) in [5.74, 6) is -1.10. The lowest BCUT2D eigenvalue weighted by Gasteiger charge is -2.31. The van der Waals surface area contributed by atoms with Gasteiger partial charge in [-0.3, -0.25) is 14.3 Å². The predicted molar refractivity (Wildman–Crippen MR) is 132 cm³/mol. The molecule has 0 aliphatic carbocycles. The number of piperidine rings is 1. The third-order valence-electron chi connectivity index (χ3n) is 6.13. The van der Waals surface area contributed by atoms with Crippen molar-refractivity contribution >= 4 is 38.6 Å². The van der Waals surface area contributed by atoms with Crippen molar-refractivity contribution in [3.05, 3.63) is 88.7 Å². The van der Waals surface area contributed by atoms with Gasteiger partial charge in [-0.1, -0.05) is 34.1 Å². The number of hydrogen-bond donors (Lipinski definition) is 1. The van der Waals surface area contributed by atoms with Crippen molar-refractivity contribution in [2.45, 2.75) is 19.4 Å². The molecule has 4 aromatic rings. The van der Waals surface area contributed by atoms with Gasteiger partial charge in [-0.25, -0.2) is 13.8 Å². The van der Waals surface area contributed by atoms with Crippen LogP contribution in [0.25, 0.3) is 16.7 Å². The number of fused-ring (bicyclic) bond motifs is 1. The second-order valence-electron chi connectivity index (χ2n) is 8.52. The third-order valence-corrected chi connectivity index (χ3v) is 6.62. The van der Waals surface area contributed by atoms with Gasteiger partial charge >= 0.3 is 0 Å². The van der Waals surface area contributed by atoms with E-state index in [0.717, 1.165) is 52.1 Å². The molecule has 1 aromatic heterocycles. The summed E-state index contributed by atoms with van der Waals surface area (Å²) in [5, 5.41) is 2.62. The quantitative estimate of drug-likeness (QED) is 0.352. The molecule has 0 saturated carbocycles. The zero-order valence-corrected chi connectivity index (χ0v) is 19.9. The first-order valence-electron chi connectivity index (χ1n) is 11.2. The molecule has 0 spiro atoms. The van der Waals surface area contributed by atoms with Crippen LogP contribution in [0.4, 0.5) is 14.5 Å². The first kappa shape index (κ1) is 22.7. The number of carbonyl (C=O) groups is 1. The fourth-order valence-electron chi connectivity index (χ4n) is 4.52. The van der Waals surface area contributed by atoms with Crippen molar-refractivity contribution in [1.29, 1.82) is 0 Å². The number of hydrogen-bond acceptors (Lipinski definition) is 3. The molecule has 34 heavy (non-hydrogen) atoms. The van der Waals surface area contributed by atoms with Crippen molar-refractivity contribution in [1.82, 2.24) is 14.5 Å². The Kier molecular flexibility index (Phi) is 6.43. The maximum absolute atomic E-state index is 14.0. The number of nitrogens with one attached hydrogen (secondary N) is 1. The van der Waals surface area contributed by atoms with Gasteiger partial charge in [0.1, 0.15) is 17.5 Å². The van der Waals surface area contributed by atoms with Crippen LogP contribution in [0.15, 0.2) is 71.2 Å². The van der Waals surface area contributed by atoms with Crippen LogP contribution < -0.4 is 5.32 Å². The number of rotatable bonds is 5. The highest BCUT2D eigenvalue weighted by Gasteiger charge is 2.27. The lowest BCUT2D eigenvalue weighted by atomic mass is 9.97. The van der Waals surface area contributed by atoms with Gasteiger partial charge in [-0.2, -0.15) is 0 Å². The van der Waals surface area contributed by atoms with E-state index >= 15 is 0 Å². The minimum absolute atomic E-state index is 0.0000272. The largest absolute Gasteiger partial charge is 0.323 e. The fourth-order valence-corrected chi connectivity index (χ4v) is 4.91. The summed E-state index contributed by atoms with van der Waals surface area (Å²) in [4.78, 5) is 19.9. The highest BCUT2D eigenvalue weighted by atomic mass is 79.9. The molecule has 174 valence electrons. The molecule has 1 fully saturated rings. The zero-order chi connectivity index (χ0) is 23.7. The summed E-state index contributed by atoms with van der Waals surface area (Å²) in [6.45, 7) is 1.96. The van der Waals surface area contributed by atoms with Gasteiger partial charge in [0, 0.05) is 22.8 Å². The van der Waals surface area contributed by atoms with E-state index in [-0.39, 0.29) is 17.5 Å². The van der Waals surface area contributed by atoms with Gasteiger partial charge in [-0.05, 0) is 61.9 Å². The van der Waals surface area contributed by atoms with Crippen molar-refractivity contribution in [2.24, 2.45) is 5.92 Å². The van der Waals surface area contributed by atoms with Crippen LogP contribution in [0.3, 0.4) is 0 Å². The van der Waals surface area contributed by atoms with Crippen LogP contribution in [-0.4, -0.2) is 33.4 Å². The van der Waals surface area contributed by atoms with E-state index in [1.54, 1.807) is 0 Å². The van der Waals surface area contributed by atoms with E-state index in [2.05, 4.69) is 42.8 Å². The molecular weight excluding hydrogens is 502 g/mol. The van der Waals surface area contributed by atoms with Gasteiger partial charge in [0.2, 0.25) is 5.91 Å². The van der Waals surface area contributed by atoms with Gasteiger partial charge in [0.05, 0.1) is 29.2 Å². The van der Waals surface area contributed by atoms with Crippen LogP contribution in [0.2, 0.25) is 0 Å². The Morgan fingerprint density at radius 3 is 2.76 bits per heavy atom. The summed E-state index contributed by atoms with van der Waals surface area (Å²) in [5.41, 5.74) is 2.94. The molecule has 3 aromatic carbocycles. The van der Waals surface area contributed by atoms with Crippen molar-refractivity contribution in [3.63, 3.8) is 0 Å². The summed E-state index contributed by atoms with van der Waals surface area (Å²) in [6.07, 6.45) is 1.56. The summed E-state index contributed by atoms with van der Waals surface area (Å²) < 4.78 is 30.3. The summed E-state index contributed by atoms with van der Waals surface area (Å²) >= 11 is 3.56. The highest BCUT2D eigenvalue weighted by Crippen LogP contribution is 2.27. The van der Waals surface area contributed by atoms with Crippen molar-refractivity contribution in [3.8, 4) is 5.69 Å². The van der Waals surface area contributed by atoms with E-state index in [9.17, 15) is 13.6 Å². The standard InChI is InChI=1S/C26H23BrF2N4O/c27-18-6-3-7-20(13-18)33-24-9-2-1-8-23(24)30-25(33)16-32-12-4-5-17(15-32)26(34)31-22-11-10-19(28)14-21(22)29/h1-3,6-11,13-14,17H,4-5,12,15-16H2,(H,31,34)/t17-/m0/s1. The van der Waals surface area contributed by atoms with Crippen LogP contribution in [-0.2, 0) is 11.3 Å². The molecule has 1 amide bonds. The van der Waals surface area contributed by atoms with Crippen molar-refractivity contribution in [2.75, 3.05) is 18.4 Å². The third kappa shape index (κ3) is 4.74. The average Bonchev–Trinajstić information content (AvgIpc) is 3.18. The molecule has 1 N–H and O–H groups in total. The molecule has 1 aliphatic heterocycles. The van der Waals surface area contributed by atoms with Crippen LogP contribution in [0.1, 0.15) is 18.7 Å². The molecular formula is C26H23BrF2N4O. The highest BCUT2D eigenvalue weighted by molar-refractivity contribution is 9.10. The Bertz CT molecular complexity index is 1360. The number of nitrogens with zero attached hydrogens (tertiary/aromatic N) is 3. The van der Waals surface area contributed by atoms with Crippen LogP contribution >= 0.6 is 15.9 Å². The number of halogens is 3. The fraction of sp³-hybridized carbons (Fsp3) is 0.231. The number of likely N-dealkylation sites (tertiary alicyclic amines) is 1. The number of amides is 1. The molecule has 0 unspecified atom stereocenters. The van der Waals surface area contributed by atoms with E-state index in [4.69, 9.17) is 4.98 Å². The monoisotopic (exact) mass is 524 g/mol. The maximum atomic E-state index is 14.0. The van der Waals surface area contributed by atoms with Gasteiger partial charge in [0.15, 0.2) is 0 Å². The van der Waals surface area contributed by atoms with Crippen molar-refractivity contribution < 1.29 is 13.6 Å². The first-order chi connectivity index (χ1) is 16.5. The van der Waals surface area contributed by atoms with E-state index < -0.39 is 11.6 Å². The van der Waals surface area contributed by atoms with Gasteiger partial charge < -0.3 is 5.32 Å². The normalized spacial score (nSPS) is 16.6. The van der Waals surface area contributed by atoms with E-state index in [1.807, 2.05) is 36.4 Å². The van der Waals surface area contributed by atoms with Gasteiger partial charge in [-0.15, -0.1) is 0 Å². The Morgan fingerprint density at radius 2 is 1.94 bits per heavy atom. The topological polar surface area (TPSA) is 50.2 Å². The Labute approximate surface area is 204 Å². The number of carbonyl (C=O) groups excluding carboxylic acids is 1. The number of benzene rings is 3. The van der Waals surface area contributed by atoms with E-state index in [0.29, 0.717) is 19.5 Å². The number of para-hydroxylation sites is 2. The second kappa shape index (κ2) is 9.64. The van der Waals surface area contributed by atoms with Crippen LogP contribution in [0.5, 0.6) is 0 Å². The van der Waals surface area contributed by atoms with E-state index in [1.165, 1.54) is 6.07 Å². The lowest BCUT2D eigenvalue weighted by Crippen LogP contribution is -2.40. The number of anilines is 1. The summed E-state index contributed by atoms with van der Waals surface area (Å²) in [6, 6.07) is 19.3. The molecule has 2 heterocycles. The zero-order valence-electron chi connectivity index (χ0n) is 18.3. The minimum atomic E-state index is -0.774. The molecule has 1 atom stereocenters. The molecule has 1 saturated heterocycles. The predicted octanol–water partition coefficient (Wildman–Crippen LogP) is 5.92. The van der Waals surface area contributed by atoms with Crippen LogP contribution in [0, 0.1) is 17.6 Å². The summed E-state index contributed by atoms with van der Waals surface area (Å²) in [7, 11) is 0. The molecule has 5 rings (SSSR count). The molecule has 1 aliphatic rings. The Balaban J connectivity index is 1.37. The average molecular weight is 525 g/mol. The molecule has 0 radical (unpaired) electrons. The lowest BCUT2D eigenvalue weighted by molar-refractivity contribution is -0.121. The number of aromatic nitrogens is 2. The molecule has 0 bridgehead atoms. The second-order valence-corrected chi connectivity index (χ2v) is 9.44. The molecule has 5 nitrogen and oxygen atoms in total. The number of imidazole rings is 1. The minimum Gasteiger partial charge on any atom is -0.323 e. The maximum Gasteiger partial charge on any atom is 0.228 e.